The van der Waals surface area contributed by atoms with Crippen LogP contribution in [0.1, 0.15) is 44.1 Å². The van der Waals surface area contributed by atoms with Gasteiger partial charge in [-0.3, -0.25) is 14.4 Å². The van der Waals surface area contributed by atoms with Crippen LogP contribution in [0.25, 0.3) is 0 Å². The van der Waals surface area contributed by atoms with Crippen LogP contribution < -0.4 is 16.0 Å². The predicted octanol–water partition coefficient (Wildman–Crippen LogP) is 1.19. The first-order valence-electron chi connectivity index (χ1n) is 13.6. The van der Waals surface area contributed by atoms with Crippen molar-refractivity contribution in [3.63, 3.8) is 0 Å². The fourth-order valence-corrected chi connectivity index (χ4v) is 3.93. The Balaban J connectivity index is 2.62. The monoisotopic (exact) mass is 674 g/mol. The number of unbranched alkanes of at least 4 members (excludes halogenated alkanes) is 1. The topological polar surface area (TPSA) is 221 Å². The summed E-state index contributed by atoms with van der Waals surface area (Å²) in [5.41, 5.74) is 0.887. The summed E-state index contributed by atoms with van der Waals surface area (Å²) in [6.45, 7) is 1.08. The number of amides is 4. The first-order chi connectivity index (χ1) is 20.4. The van der Waals surface area contributed by atoms with E-state index in [1.165, 1.54) is 7.05 Å². The van der Waals surface area contributed by atoms with Crippen LogP contribution in [0.4, 0.5) is 4.79 Å². The van der Waals surface area contributed by atoms with Gasteiger partial charge in [-0.15, -0.1) is 0 Å². The molecule has 0 fully saturated rings. The lowest BCUT2D eigenvalue weighted by Gasteiger charge is -2.24. The number of halogens is 1. The number of nitrogens with zero attached hydrogens (tertiary/aromatic N) is 1. The van der Waals surface area contributed by atoms with E-state index in [0.29, 0.717) is 25.9 Å². The highest BCUT2D eigenvalue weighted by Crippen LogP contribution is 2.14. The molecule has 0 aliphatic heterocycles. The highest BCUT2D eigenvalue weighted by Gasteiger charge is 2.25. The first-order valence-corrected chi connectivity index (χ1v) is 14.3. The lowest BCUT2D eigenvalue weighted by Crippen LogP contribution is -2.51. The minimum Gasteiger partial charge on any atom is -0.481 e. The molecule has 0 bridgehead atoms. The van der Waals surface area contributed by atoms with E-state index >= 15 is 0 Å². The molecular weight excluding hydrogens is 636 g/mol. The van der Waals surface area contributed by atoms with Crippen molar-refractivity contribution in [2.45, 2.75) is 57.2 Å². The Kier molecular flexibility index (Phi) is 18.2. The average Bonchev–Trinajstić information content (AvgIpc) is 2.95. The second-order valence-corrected chi connectivity index (χ2v) is 10.3. The maximum atomic E-state index is 13.0. The number of carboxylic acids is 3. The van der Waals surface area contributed by atoms with Crippen LogP contribution in [-0.4, -0.2) is 108 Å². The molecule has 16 heteroatoms. The van der Waals surface area contributed by atoms with E-state index in [0.717, 1.165) is 10.0 Å². The molecule has 0 aliphatic rings. The molecule has 0 radical (unpaired) electrons. The van der Waals surface area contributed by atoms with Crippen LogP contribution in [0.5, 0.6) is 0 Å². The minimum absolute atomic E-state index is 0.00902. The third-order valence-corrected chi connectivity index (χ3v) is 6.54. The van der Waals surface area contributed by atoms with Crippen molar-refractivity contribution >= 4 is 51.7 Å². The van der Waals surface area contributed by atoms with Crippen molar-refractivity contribution in [2.24, 2.45) is 0 Å². The maximum absolute atomic E-state index is 13.0. The number of aliphatic carboxylic acids is 3. The summed E-state index contributed by atoms with van der Waals surface area (Å²) in [6, 6.07) is 3.57. The second kappa shape index (κ2) is 21.0. The van der Waals surface area contributed by atoms with Gasteiger partial charge in [0.1, 0.15) is 18.7 Å². The molecule has 6 N–H and O–H groups in total. The fourth-order valence-electron chi connectivity index (χ4n) is 3.67. The number of benzene rings is 1. The molecule has 0 aromatic heterocycles. The lowest BCUT2D eigenvalue weighted by atomic mass is 10.1. The summed E-state index contributed by atoms with van der Waals surface area (Å²) < 4.78 is 11.5. The van der Waals surface area contributed by atoms with Crippen LogP contribution in [0.15, 0.2) is 28.7 Å². The molecule has 1 aromatic carbocycles. The van der Waals surface area contributed by atoms with Gasteiger partial charge in [0, 0.05) is 31.0 Å². The maximum Gasteiger partial charge on any atom is 0.326 e. The Morgan fingerprint density at radius 2 is 1.44 bits per heavy atom. The van der Waals surface area contributed by atoms with Gasteiger partial charge in [0.05, 0.1) is 26.2 Å². The second-order valence-electron chi connectivity index (χ2n) is 9.36. The number of hydrogen-bond acceptors (Lipinski definition) is 8. The van der Waals surface area contributed by atoms with Crippen molar-refractivity contribution in [1.82, 2.24) is 20.9 Å². The third-order valence-electron chi connectivity index (χ3n) is 6.01. The Labute approximate surface area is 257 Å². The largest absolute Gasteiger partial charge is 0.481 e. The molecule has 1 aromatic rings. The number of ether oxygens (including phenoxy) is 2. The number of urea groups is 1. The van der Waals surface area contributed by atoms with Gasteiger partial charge >= 0.3 is 23.9 Å². The number of rotatable bonds is 22. The van der Waals surface area contributed by atoms with E-state index in [1.54, 1.807) is 4.90 Å². The zero-order chi connectivity index (χ0) is 32.2. The number of carbonyl (C=O) groups excluding carboxylic acids is 3. The van der Waals surface area contributed by atoms with Gasteiger partial charge in [0.25, 0.3) is 0 Å². The van der Waals surface area contributed by atoms with Crippen molar-refractivity contribution in [2.75, 3.05) is 40.0 Å². The predicted molar refractivity (Wildman–Crippen MR) is 155 cm³/mol. The zero-order valence-corrected chi connectivity index (χ0v) is 25.5. The van der Waals surface area contributed by atoms with Gasteiger partial charge in [-0.05, 0) is 43.4 Å². The van der Waals surface area contributed by atoms with E-state index in [4.69, 9.17) is 14.6 Å². The highest BCUT2D eigenvalue weighted by molar-refractivity contribution is 9.10. The van der Waals surface area contributed by atoms with Gasteiger partial charge in [-0.25, -0.2) is 14.4 Å². The Hall–Kier alpha value is -3.76. The van der Waals surface area contributed by atoms with Crippen molar-refractivity contribution in [3.8, 4) is 0 Å². The van der Waals surface area contributed by atoms with Crippen LogP contribution in [0, 0.1) is 0 Å². The molecule has 0 saturated heterocycles. The van der Waals surface area contributed by atoms with Gasteiger partial charge in [-0.2, -0.15) is 0 Å². The molecule has 0 saturated carbocycles. The Morgan fingerprint density at radius 1 is 0.837 bits per heavy atom. The molecule has 1 rings (SSSR count). The standard InChI is InChI=1S/C27H39BrN4O11/c1-29-22(33)17-43-15-14-42-13-11-23(34)32(16-18-5-7-19(28)8-6-18)12-3-2-4-20(25(37)38)30-27(41)31-21(26(39)40)9-10-24(35)36/h5-8,20-21H,2-4,9-17H2,1H3,(H,29,33)(H,35,36)(H,37,38)(H,39,40)(H2,30,31,41)/t20-,21-/m0/s1. The number of likely N-dealkylation sites (N-methyl/N-ethyl adjacent to an activating group) is 1. The van der Waals surface area contributed by atoms with Gasteiger partial charge in [0.15, 0.2) is 0 Å². The highest BCUT2D eigenvalue weighted by atomic mass is 79.9. The molecule has 240 valence electrons. The summed E-state index contributed by atoms with van der Waals surface area (Å²) in [4.78, 5) is 71.7. The Morgan fingerprint density at radius 3 is 2.02 bits per heavy atom. The zero-order valence-electron chi connectivity index (χ0n) is 23.9. The Bertz CT molecular complexity index is 1070. The number of carboxylic acid groups (broad SMARTS) is 3. The van der Waals surface area contributed by atoms with E-state index in [-0.39, 0.29) is 57.5 Å². The van der Waals surface area contributed by atoms with E-state index in [9.17, 15) is 39.0 Å². The molecule has 0 heterocycles. The van der Waals surface area contributed by atoms with Crippen molar-refractivity contribution in [1.29, 1.82) is 0 Å². The van der Waals surface area contributed by atoms with Crippen molar-refractivity contribution in [3.05, 3.63) is 34.3 Å². The molecule has 15 nitrogen and oxygen atoms in total. The summed E-state index contributed by atoms with van der Waals surface area (Å²) in [7, 11) is 1.50. The number of hydrogen-bond donors (Lipinski definition) is 6. The van der Waals surface area contributed by atoms with Crippen LogP contribution in [0.2, 0.25) is 0 Å². The smallest absolute Gasteiger partial charge is 0.326 e. The third kappa shape index (κ3) is 17.1. The number of nitrogens with one attached hydrogen (secondary N) is 3. The number of carbonyl (C=O) groups is 6. The van der Waals surface area contributed by atoms with Crippen LogP contribution in [-0.2, 0) is 40.0 Å². The first kappa shape index (κ1) is 37.3. The summed E-state index contributed by atoms with van der Waals surface area (Å²) in [5.74, 6) is -4.44. The molecule has 2 atom stereocenters. The van der Waals surface area contributed by atoms with Gasteiger partial charge < -0.3 is 45.6 Å². The molecular formula is C27H39BrN4O11. The average molecular weight is 676 g/mol. The van der Waals surface area contributed by atoms with Gasteiger partial charge in [0.2, 0.25) is 11.8 Å². The SMILES string of the molecule is CNC(=O)COCCOCCC(=O)N(CCCC[C@H](NC(=O)N[C@@H](CCC(=O)O)C(=O)O)C(=O)O)Cc1ccc(Br)cc1. The van der Waals surface area contributed by atoms with E-state index < -0.39 is 42.4 Å². The van der Waals surface area contributed by atoms with Crippen LogP contribution in [0.3, 0.4) is 0 Å². The minimum atomic E-state index is -1.50. The van der Waals surface area contributed by atoms with E-state index in [1.807, 2.05) is 24.3 Å². The quantitative estimate of drug-likeness (QED) is 0.0959. The molecule has 4 amide bonds. The summed E-state index contributed by atoms with van der Waals surface area (Å²) in [6.07, 6.45) is -0.0156. The molecule has 43 heavy (non-hydrogen) atoms. The van der Waals surface area contributed by atoms with Crippen LogP contribution >= 0.6 is 15.9 Å². The van der Waals surface area contributed by atoms with Crippen molar-refractivity contribution < 1.29 is 53.6 Å². The molecule has 0 unspecified atom stereocenters. The summed E-state index contributed by atoms with van der Waals surface area (Å²) in [5, 5.41) is 34.2. The molecule has 0 spiro atoms. The van der Waals surface area contributed by atoms with Gasteiger partial charge in [-0.1, -0.05) is 28.1 Å². The lowest BCUT2D eigenvalue weighted by molar-refractivity contribution is -0.141. The summed E-state index contributed by atoms with van der Waals surface area (Å²) >= 11 is 3.37. The molecule has 0 aliphatic carbocycles. The normalized spacial score (nSPS) is 12.0. The fraction of sp³-hybridized carbons (Fsp3) is 0.556. The van der Waals surface area contributed by atoms with E-state index in [2.05, 4.69) is 31.9 Å².